The standard InChI is InChI=1S/C25H15N3OS/c29-24(26-18-11-9-15-5-1-2-6-16(15)13-18)17-10-12-22-19(14-17)23-25(30-22)28-21-8-4-3-7-20(21)27-23/h1-14H,(H,26,29). The summed E-state index contributed by atoms with van der Waals surface area (Å²) in [5.74, 6) is -0.139. The van der Waals surface area contributed by atoms with Gasteiger partial charge in [0.15, 0.2) is 0 Å². The molecule has 0 aliphatic rings. The van der Waals surface area contributed by atoms with E-state index in [1.807, 2.05) is 78.9 Å². The van der Waals surface area contributed by atoms with Crippen molar-refractivity contribution in [2.75, 3.05) is 5.32 Å². The first kappa shape index (κ1) is 17.1. The zero-order chi connectivity index (χ0) is 20.1. The van der Waals surface area contributed by atoms with Gasteiger partial charge in [0.05, 0.1) is 11.0 Å². The second-order valence-corrected chi connectivity index (χ2v) is 8.23. The lowest BCUT2D eigenvalue weighted by Gasteiger charge is -2.07. The van der Waals surface area contributed by atoms with Gasteiger partial charge in [0.25, 0.3) is 5.91 Å². The van der Waals surface area contributed by atoms with Crippen molar-refractivity contribution in [3.8, 4) is 0 Å². The Morgan fingerprint density at radius 2 is 1.53 bits per heavy atom. The molecule has 142 valence electrons. The molecule has 1 amide bonds. The monoisotopic (exact) mass is 405 g/mol. The first-order valence-electron chi connectivity index (χ1n) is 9.64. The van der Waals surface area contributed by atoms with Gasteiger partial charge in [0, 0.05) is 21.3 Å². The van der Waals surface area contributed by atoms with Crippen LogP contribution in [0.5, 0.6) is 0 Å². The van der Waals surface area contributed by atoms with Crippen LogP contribution in [0, 0.1) is 0 Å². The third kappa shape index (κ3) is 2.79. The van der Waals surface area contributed by atoms with Gasteiger partial charge >= 0.3 is 0 Å². The van der Waals surface area contributed by atoms with Crippen molar-refractivity contribution in [3.05, 3.63) is 90.5 Å². The third-order valence-electron chi connectivity index (χ3n) is 5.25. The number of amides is 1. The number of rotatable bonds is 2. The lowest BCUT2D eigenvalue weighted by atomic mass is 10.1. The van der Waals surface area contributed by atoms with E-state index < -0.39 is 0 Å². The average Bonchev–Trinajstić information content (AvgIpc) is 3.14. The van der Waals surface area contributed by atoms with Gasteiger partial charge in [-0.25, -0.2) is 9.97 Å². The Morgan fingerprint density at radius 3 is 2.40 bits per heavy atom. The van der Waals surface area contributed by atoms with E-state index >= 15 is 0 Å². The number of anilines is 1. The summed E-state index contributed by atoms with van der Waals surface area (Å²) in [6, 6.07) is 27.6. The third-order valence-corrected chi connectivity index (χ3v) is 6.30. The molecule has 0 aliphatic heterocycles. The maximum Gasteiger partial charge on any atom is 0.255 e. The summed E-state index contributed by atoms with van der Waals surface area (Å²) in [4.78, 5) is 23.3. The van der Waals surface area contributed by atoms with E-state index in [1.165, 1.54) is 0 Å². The molecule has 6 aromatic rings. The summed E-state index contributed by atoms with van der Waals surface area (Å²) in [5, 5.41) is 6.21. The lowest BCUT2D eigenvalue weighted by Crippen LogP contribution is -2.11. The number of benzene rings is 4. The zero-order valence-corrected chi connectivity index (χ0v) is 16.6. The molecule has 4 nitrogen and oxygen atoms in total. The highest BCUT2D eigenvalue weighted by Crippen LogP contribution is 2.33. The average molecular weight is 405 g/mol. The molecular formula is C25H15N3OS. The molecule has 2 heterocycles. The number of thiophene rings is 1. The van der Waals surface area contributed by atoms with Crippen LogP contribution in [-0.4, -0.2) is 15.9 Å². The van der Waals surface area contributed by atoms with Crippen LogP contribution in [0.4, 0.5) is 5.69 Å². The van der Waals surface area contributed by atoms with Crippen LogP contribution in [0.25, 0.3) is 42.2 Å². The summed E-state index contributed by atoms with van der Waals surface area (Å²) in [6.45, 7) is 0. The molecule has 0 saturated carbocycles. The lowest BCUT2D eigenvalue weighted by molar-refractivity contribution is 0.102. The molecule has 0 spiro atoms. The molecule has 0 saturated heterocycles. The number of para-hydroxylation sites is 2. The Kier molecular flexibility index (Phi) is 3.76. The number of nitrogens with one attached hydrogen (secondary N) is 1. The highest BCUT2D eigenvalue weighted by atomic mass is 32.1. The molecule has 5 heteroatoms. The van der Waals surface area contributed by atoms with E-state index in [2.05, 4.69) is 11.4 Å². The second kappa shape index (κ2) is 6.61. The molecule has 0 fully saturated rings. The van der Waals surface area contributed by atoms with Crippen molar-refractivity contribution in [1.82, 2.24) is 9.97 Å². The van der Waals surface area contributed by atoms with Crippen LogP contribution in [-0.2, 0) is 0 Å². The highest BCUT2D eigenvalue weighted by Gasteiger charge is 2.13. The van der Waals surface area contributed by atoms with Crippen molar-refractivity contribution in [2.24, 2.45) is 0 Å². The number of fused-ring (bicyclic) bond motifs is 5. The van der Waals surface area contributed by atoms with Crippen LogP contribution in [0.15, 0.2) is 84.9 Å². The summed E-state index contributed by atoms with van der Waals surface area (Å²) >= 11 is 1.60. The SMILES string of the molecule is O=C(Nc1ccc2ccccc2c1)c1ccc2sc3nc4ccccc4nc3c2c1. The quantitative estimate of drug-likeness (QED) is 0.362. The Morgan fingerprint density at radius 1 is 0.767 bits per heavy atom. The van der Waals surface area contributed by atoms with Gasteiger partial charge in [-0.2, -0.15) is 0 Å². The molecule has 0 aliphatic carbocycles. The van der Waals surface area contributed by atoms with E-state index in [4.69, 9.17) is 9.97 Å². The van der Waals surface area contributed by atoms with Crippen LogP contribution < -0.4 is 5.32 Å². The molecule has 0 bridgehead atoms. The number of aromatic nitrogens is 2. The van der Waals surface area contributed by atoms with Crippen LogP contribution in [0.1, 0.15) is 10.4 Å². The molecule has 1 N–H and O–H groups in total. The summed E-state index contributed by atoms with van der Waals surface area (Å²) in [5.41, 5.74) is 3.96. The fourth-order valence-corrected chi connectivity index (χ4v) is 4.76. The largest absolute Gasteiger partial charge is 0.322 e. The van der Waals surface area contributed by atoms with Crippen molar-refractivity contribution in [1.29, 1.82) is 0 Å². The Balaban J connectivity index is 1.41. The second-order valence-electron chi connectivity index (χ2n) is 7.20. The van der Waals surface area contributed by atoms with E-state index in [9.17, 15) is 4.79 Å². The molecular weight excluding hydrogens is 390 g/mol. The Hall–Kier alpha value is -3.83. The number of hydrogen-bond donors (Lipinski definition) is 1. The number of carbonyl (C=O) groups is 1. The van der Waals surface area contributed by atoms with Crippen LogP contribution in [0.2, 0.25) is 0 Å². The van der Waals surface area contributed by atoms with Crippen molar-refractivity contribution in [3.63, 3.8) is 0 Å². The smallest absolute Gasteiger partial charge is 0.255 e. The van der Waals surface area contributed by atoms with Gasteiger partial charge in [-0.3, -0.25) is 4.79 Å². The van der Waals surface area contributed by atoms with Gasteiger partial charge in [-0.05, 0) is 53.2 Å². The Bertz CT molecular complexity index is 1600. The maximum absolute atomic E-state index is 12.9. The zero-order valence-electron chi connectivity index (χ0n) is 15.8. The first-order chi connectivity index (χ1) is 14.7. The maximum atomic E-state index is 12.9. The van der Waals surface area contributed by atoms with Gasteiger partial charge in [0.2, 0.25) is 0 Å². The van der Waals surface area contributed by atoms with E-state index in [0.29, 0.717) is 5.56 Å². The molecule has 6 rings (SSSR count). The molecule has 0 unspecified atom stereocenters. The highest BCUT2D eigenvalue weighted by molar-refractivity contribution is 7.25. The fourth-order valence-electron chi connectivity index (χ4n) is 3.75. The first-order valence-corrected chi connectivity index (χ1v) is 10.5. The summed E-state index contributed by atoms with van der Waals surface area (Å²) < 4.78 is 1.07. The van der Waals surface area contributed by atoms with E-state index in [-0.39, 0.29) is 5.91 Å². The minimum atomic E-state index is -0.139. The predicted molar refractivity (Wildman–Crippen MR) is 124 cm³/mol. The molecule has 0 atom stereocenters. The molecule has 4 aromatic carbocycles. The van der Waals surface area contributed by atoms with Crippen molar-refractivity contribution >= 4 is 65.2 Å². The van der Waals surface area contributed by atoms with E-state index in [1.54, 1.807) is 11.3 Å². The topological polar surface area (TPSA) is 54.9 Å². The van der Waals surface area contributed by atoms with Crippen molar-refractivity contribution < 1.29 is 4.79 Å². The summed E-state index contributed by atoms with van der Waals surface area (Å²) in [6.07, 6.45) is 0. The fraction of sp³-hybridized carbons (Fsp3) is 0. The van der Waals surface area contributed by atoms with Gasteiger partial charge in [-0.15, -0.1) is 11.3 Å². The minimum Gasteiger partial charge on any atom is -0.322 e. The number of hydrogen-bond acceptors (Lipinski definition) is 4. The molecule has 2 aromatic heterocycles. The van der Waals surface area contributed by atoms with Gasteiger partial charge in [0.1, 0.15) is 10.3 Å². The van der Waals surface area contributed by atoms with Crippen LogP contribution >= 0.6 is 11.3 Å². The van der Waals surface area contributed by atoms with Gasteiger partial charge < -0.3 is 5.32 Å². The Labute approximate surface area is 175 Å². The van der Waals surface area contributed by atoms with Crippen molar-refractivity contribution in [2.45, 2.75) is 0 Å². The van der Waals surface area contributed by atoms with Gasteiger partial charge in [-0.1, -0.05) is 42.5 Å². The predicted octanol–water partition coefficient (Wildman–Crippen LogP) is 6.40. The number of nitrogens with zero attached hydrogens (tertiary/aromatic N) is 2. The molecule has 30 heavy (non-hydrogen) atoms. The molecule has 0 radical (unpaired) electrons. The minimum absolute atomic E-state index is 0.139. The normalized spacial score (nSPS) is 11.5. The van der Waals surface area contributed by atoms with Crippen LogP contribution in [0.3, 0.4) is 0 Å². The number of carbonyl (C=O) groups excluding carboxylic acids is 1. The van der Waals surface area contributed by atoms with E-state index in [0.717, 1.165) is 47.9 Å². The summed E-state index contributed by atoms with van der Waals surface area (Å²) in [7, 11) is 0.